The standard InChI is InChI=1S/C15H24N2O10P2S/c1-7(2)26-29(23,30)27-12-11(8-6-9(8)28(20,21)22)25-14(13(12)24-3)17-5-4-10(18)16-15(17)19/h4-5,7-9,11-14H,6H2,1-3H3,(H,23,30)(H,16,18,19)(H2,20,21,22)/p-3/t8?,9?,11-,12?,13+,14-,29?/m1/s1. The Kier molecular flexibility index (Phi) is 6.91. The zero-order valence-electron chi connectivity index (χ0n) is 16.2. The Labute approximate surface area is 176 Å². The Morgan fingerprint density at radius 1 is 1.30 bits per heavy atom. The van der Waals surface area contributed by atoms with Crippen LogP contribution in [0.4, 0.5) is 0 Å². The largest absolute Gasteiger partial charge is 0.811 e. The van der Waals surface area contributed by atoms with Gasteiger partial charge in [-0.15, -0.1) is 0 Å². The maximum atomic E-state index is 12.6. The minimum absolute atomic E-state index is 0.0191. The molecule has 4 unspecified atom stereocenters. The van der Waals surface area contributed by atoms with E-state index >= 15 is 0 Å². The molecule has 0 aromatic carbocycles. The molecule has 2 fully saturated rings. The minimum Gasteiger partial charge on any atom is -0.811 e. The van der Waals surface area contributed by atoms with Crippen LogP contribution in [-0.4, -0.2) is 46.7 Å². The van der Waals surface area contributed by atoms with Gasteiger partial charge in [0.2, 0.25) is 0 Å². The van der Waals surface area contributed by atoms with E-state index in [2.05, 4.69) is 4.98 Å². The van der Waals surface area contributed by atoms with Crippen LogP contribution in [0.2, 0.25) is 0 Å². The molecule has 2 heterocycles. The molecule has 0 amide bonds. The van der Waals surface area contributed by atoms with Crippen molar-refractivity contribution in [3.05, 3.63) is 33.1 Å². The SMILES string of the molecule is CO[C@H]1C(OP([O-])(=S)OC(C)C)[C@@H](C2CC2P(=O)([O-])[O-])O[C@H]1n1ccc(=O)[nH]c1=O. The van der Waals surface area contributed by atoms with Crippen molar-refractivity contribution < 1.29 is 37.8 Å². The van der Waals surface area contributed by atoms with E-state index in [9.17, 15) is 28.8 Å². The van der Waals surface area contributed by atoms with Gasteiger partial charge < -0.3 is 37.8 Å². The number of aromatic nitrogens is 2. The Morgan fingerprint density at radius 2 is 1.97 bits per heavy atom. The number of hydrogen-bond acceptors (Lipinski definition) is 11. The van der Waals surface area contributed by atoms with Crippen molar-refractivity contribution in [1.82, 2.24) is 9.55 Å². The van der Waals surface area contributed by atoms with Gasteiger partial charge in [0.05, 0.1) is 12.2 Å². The van der Waals surface area contributed by atoms with E-state index in [1.165, 1.54) is 13.3 Å². The molecular formula is C15H21N2O10P2S-3. The van der Waals surface area contributed by atoms with Crippen LogP contribution < -0.4 is 25.9 Å². The van der Waals surface area contributed by atoms with Gasteiger partial charge in [-0.2, -0.15) is 0 Å². The van der Waals surface area contributed by atoms with Gasteiger partial charge in [0.1, 0.15) is 18.9 Å². The average molecular weight is 483 g/mol. The maximum Gasteiger partial charge on any atom is 0.330 e. The summed E-state index contributed by atoms with van der Waals surface area (Å²) in [5.74, 6) is -0.758. The highest BCUT2D eigenvalue weighted by Crippen LogP contribution is 2.59. The van der Waals surface area contributed by atoms with E-state index in [1.54, 1.807) is 13.8 Å². The number of ether oxygens (including phenoxy) is 2. The lowest BCUT2D eigenvalue weighted by molar-refractivity contribution is -0.314. The highest BCUT2D eigenvalue weighted by Gasteiger charge is 2.57. The molecule has 1 aliphatic heterocycles. The van der Waals surface area contributed by atoms with Gasteiger partial charge in [-0.05, 0) is 31.8 Å². The van der Waals surface area contributed by atoms with Crippen LogP contribution in [0.25, 0.3) is 0 Å². The Balaban J connectivity index is 1.96. The predicted octanol–water partition coefficient (Wildman–Crippen LogP) is -1.85. The normalized spacial score (nSPS) is 33.6. The molecule has 1 aromatic heterocycles. The summed E-state index contributed by atoms with van der Waals surface area (Å²) >= 11 is 4.92. The smallest absolute Gasteiger partial charge is 0.330 e. The molecule has 0 bridgehead atoms. The van der Waals surface area contributed by atoms with Gasteiger partial charge >= 0.3 is 5.69 Å². The Morgan fingerprint density at radius 3 is 2.47 bits per heavy atom. The number of aromatic amines is 1. The second-order valence-electron chi connectivity index (χ2n) is 7.39. The lowest BCUT2D eigenvalue weighted by atomic mass is 10.1. The molecule has 12 nitrogen and oxygen atoms in total. The fraction of sp³-hybridized carbons (Fsp3) is 0.733. The lowest BCUT2D eigenvalue weighted by Gasteiger charge is -2.36. The van der Waals surface area contributed by atoms with Crippen LogP contribution in [0.3, 0.4) is 0 Å². The van der Waals surface area contributed by atoms with Crippen LogP contribution in [0, 0.1) is 5.92 Å². The van der Waals surface area contributed by atoms with E-state index in [-0.39, 0.29) is 6.42 Å². The van der Waals surface area contributed by atoms with Crippen molar-refractivity contribution in [3.63, 3.8) is 0 Å². The number of methoxy groups -OCH3 is 1. The average Bonchev–Trinajstić information content (AvgIpc) is 3.31. The number of nitrogens with zero attached hydrogens (tertiary/aromatic N) is 1. The third-order valence-corrected chi connectivity index (χ3v) is 7.95. The second kappa shape index (κ2) is 8.67. The quantitative estimate of drug-likeness (QED) is 0.410. The number of rotatable bonds is 8. The fourth-order valence-electron chi connectivity index (χ4n) is 3.58. The summed E-state index contributed by atoms with van der Waals surface area (Å²) in [4.78, 5) is 61.2. The Bertz CT molecular complexity index is 990. The zero-order chi connectivity index (χ0) is 22.4. The molecule has 1 aromatic rings. The topological polar surface area (TPSA) is 178 Å². The first-order valence-corrected chi connectivity index (χ1v) is 13.2. The van der Waals surface area contributed by atoms with Crippen molar-refractivity contribution in [2.45, 2.75) is 56.6 Å². The molecule has 30 heavy (non-hydrogen) atoms. The van der Waals surface area contributed by atoms with Gasteiger partial charge in [-0.25, -0.2) is 4.79 Å². The van der Waals surface area contributed by atoms with E-state index < -0.39 is 67.8 Å². The number of H-pyrrole nitrogens is 1. The van der Waals surface area contributed by atoms with Gasteiger partial charge in [-0.3, -0.25) is 14.3 Å². The first-order chi connectivity index (χ1) is 13.8. The summed E-state index contributed by atoms with van der Waals surface area (Å²) in [6.07, 6.45) is -3.82. The van der Waals surface area contributed by atoms with Crippen molar-refractivity contribution >= 4 is 26.1 Å². The highest BCUT2D eigenvalue weighted by atomic mass is 32.5. The lowest BCUT2D eigenvalue weighted by Crippen LogP contribution is -2.40. The summed E-state index contributed by atoms with van der Waals surface area (Å²) in [6, 6.07) is 1.09. The van der Waals surface area contributed by atoms with Crippen molar-refractivity contribution in [2.24, 2.45) is 5.92 Å². The molecule has 0 spiro atoms. The zero-order valence-corrected chi connectivity index (χ0v) is 18.8. The number of hydrogen-bond donors (Lipinski definition) is 1. The molecule has 1 aliphatic carbocycles. The first kappa shape index (κ1) is 23.9. The molecule has 3 rings (SSSR count). The van der Waals surface area contributed by atoms with Crippen molar-refractivity contribution in [1.29, 1.82) is 0 Å². The third-order valence-electron chi connectivity index (χ3n) is 4.85. The van der Waals surface area contributed by atoms with E-state index in [4.69, 9.17) is 30.3 Å². The summed E-state index contributed by atoms with van der Waals surface area (Å²) in [5.41, 5.74) is -2.62. The maximum absolute atomic E-state index is 12.6. The van der Waals surface area contributed by atoms with Gasteiger partial charge in [0.25, 0.3) is 5.56 Å². The van der Waals surface area contributed by atoms with Gasteiger partial charge in [0.15, 0.2) is 6.23 Å². The van der Waals surface area contributed by atoms with Crippen LogP contribution in [0.5, 0.6) is 0 Å². The van der Waals surface area contributed by atoms with Crippen LogP contribution >= 0.6 is 14.3 Å². The molecule has 170 valence electrons. The van der Waals surface area contributed by atoms with Crippen LogP contribution in [0.1, 0.15) is 26.5 Å². The predicted molar refractivity (Wildman–Crippen MR) is 101 cm³/mol. The molecular weight excluding hydrogens is 462 g/mol. The molecule has 7 atom stereocenters. The second-order valence-corrected chi connectivity index (χ2v) is 11.8. The molecule has 15 heteroatoms. The Hall–Kier alpha value is -0.720. The van der Waals surface area contributed by atoms with Crippen LogP contribution in [-0.2, 0) is 34.9 Å². The summed E-state index contributed by atoms with van der Waals surface area (Å²) in [7, 11) is -3.61. The van der Waals surface area contributed by atoms with Gasteiger partial charge in [-0.1, -0.05) is 19.4 Å². The monoisotopic (exact) mass is 483 g/mol. The molecule has 0 radical (unpaired) electrons. The summed E-state index contributed by atoms with van der Waals surface area (Å²) in [5, 5.41) is 0. The molecule has 2 aliphatic rings. The highest BCUT2D eigenvalue weighted by molar-refractivity contribution is 8.06. The first-order valence-electron chi connectivity index (χ1n) is 9.03. The molecule has 1 saturated carbocycles. The minimum atomic E-state index is -4.89. The van der Waals surface area contributed by atoms with Crippen molar-refractivity contribution in [3.8, 4) is 0 Å². The third kappa shape index (κ3) is 5.18. The summed E-state index contributed by atoms with van der Waals surface area (Å²) in [6.45, 7) is -0.842. The van der Waals surface area contributed by atoms with E-state index in [0.717, 1.165) is 10.6 Å². The van der Waals surface area contributed by atoms with E-state index in [1.807, 2.05) is 0 Å². The van der Waals surface area contributed by atoms with Crippen LogP contribution in [0.15, 0.2) is 21.9 Å². The fourth-order valence-corrected chi connectivity index (χ4v) is 6.64. The van der Waals surface area contributed by atoms with Gasteiger partial charge in [0, 0.05) is 19.4 Å². The molecule has 1 N–H and O–H groups in total. The molecule has 1 saturated heterocycles. The van der Waals surface area contributed by atoms with E-state index in [0.29, 0.717) is 0 Å². The van der Waals surface area contributed by atoms with Crippen molar-refractivity contribution in [2.75, 3.05) is 7.11 Å². The summed E-state index contributed by atoms with van der Waals surface area (Å²) < 4.78 is 34.4. The number of nitrogens with one attached hydrogen (secondary N) is 1.